The summed E-state index contributed by atoms with van der Waals surface area (Å²) in [5, 5.41) is 2.96. The van der Waals surface area contributed by atoms with Crippen LogP contribution in [-0.2, 0) is 14.3 Å². The molecular formula is C17H20ClN3O3. The number of methoxy groups -OCH3 is 1. The zero-order valence-electron chi connectivity index (χ0n) is 13.8. The lowest BCUT2D eigenvalue weighted by Crippen LogP contribution is -2.41. The highest BCUT2D eigenvalue weighted by atomic mass is 35.5. The van der Waals surface area contributed by atoms with Crippen LogP contribution in [0.5, 0.6) is 0 Å². The number of aromatic nitrogens is 2. The van der Waals surface area contributed by atoms with Crippen molar-refractivity contribution in [1.82, 2.24) is 14.7 Å². The summed E-state index contributed by atoms with van der Waals surface area (Å²) in [6.45, 7) is 3.94. The normalized spacial score (nSPS) is 12.7. The number of rotatable bonds is 6. The number of hydrogen-bond acceptors (Lipinski definition) is 4. The van der Waals surface area contributed by atoms with E-state index in [2.05, 4.69) is 10.3 Å². The lowest BCUT2D eigenvalue weighted by molar-refractivity contribution is -0.145. The first-order valence-electron chi connectivity index (χ1n) is 7.61. The van der Waals surface area contributed by atoms with Gasteiger partial charge in [-0.1, -0.05) is 31.5 Å². The zero-order valence-corrected chi connectivity index (χ0v) is 14.6. The molecule has 0 bridgehead atoms. The third kappa shape index (κ3) is 4.35. The van der Waals surface area contributed by atoms with Gasteiger partial charge in [0, 0.05) is 12.3 Å². The predicted octanol–water partition coefficient (Wildman–Crippen LogP) is 2.70. The van der Waals surface area contributed by atoms with E-state index in [1.54, 1.807) is 10.5 Å². The molecular weight excluding hydrogens is 330 g/mol. The average molecular weight is 350 g/mol. The summed E-state index contributed by atoms with van der Waals surface area (Å²) < 4.78 is 6.50. The molecule has 1 amide bonds. The van der Waals surface area contributed by atoms with Crippen LogP contribution in [0.4, 0.5) is 0 Å². The summed E-state index contributed by atoms with van der Waals surface area (Å²) in [6.07, 6.45) is 5.21. The molecule has 0 radical (unpaired) electrons. The molecule has 0 aliphatic rings. The molecule has 0 aliphatic heterocycles. The number of nitrogens with zero attached hydrogens (tertiary/aromatic N) is 2. The van der Waals surface area contributed by atoms with Crippen molar-refractivity contribution >= 4 is 35.2 Å². The van der Waals surface area contributed by atoms with E-state index < -0.39 is 17.9 Å². The van der Waals surface area contributed by atoms with Crippen LogP contribution >= 0.6 is 11.6 Å². The molecule has 0 spiro atoms. The fourth-order valence-corrected chi connectivity index (χ4v) is 2.58. The minimum absolute atomic E-state index is 0.242. The monoisotopic (exact) mass is 349 g/mol. The number of pyridine rings is 1. The second kappa shape index (κ2) is 7.97. The van der Waals surface area contributed by atoms with Crippen LogP contribution in [0.1, 0.15) is 26.0 Å². The van der Waals surface area contributed by atoms with Gasteiger partial charge >= 0.3 is 5.97 Å². The summed E-state index contributed by atoms with van der Waals surface area (Å²) >= 11 is 6.11. The van der Waals surface area contributed by atoms with Crippen molar-refractivity contribution in [2.45, 2.75) is 26.3 Å². The van der Waals surface area contributed by atoms with Crippen LogP contribution in [-0.4, -0.2) is 34.4 Å². The van der Waals surface area contributed by atoms with E-state index in [9.17, 15) is 9.59 Å². The van der Waals surface area contributed by atoms with Crippen molar-refractivity contribution < 1.29 is 14.3 Å². The molecule has 0 fully saturated rings. The van der Waals surface area contributed by atoms with Gasteiger partial charge in [0.05, 0.1) is 12.8 Å². The fraction of sp³-hybridized carbons (Fsp3) is 0.353. The maximum Gasteiger partial charge on any atom is 0.328 e. The quantitative estimate of drug-likeness (QED) is 0.643. The van der Waals surface area contributed by atoms with Crippen molar-refractivity contribution in [1.29, 1.82) is 0 Å². The van der Waals surface area contributed by atoms with Crippen LogP contribution in [0.2, 0.25) is 5.15 Å². The second-order valence-corrected chi connectivity index (χ2v) is 6.12. The molecule has 0 aromatic carbocycles. The van der Waals surface area contributed by atoms with Crippen molar-refractivity contribution in [3.63, 3.8) is 0 Å². The number of ether oxygens (including phenoxy) is 1. The molecule has 1 unspecified atom stereocenters. The van der Waals surface area contributed by atoms with E-state index in [0.29, 0.717) is 22.9 Å². The number of fused-ring (bicyclic) bond motifs is 1. The molecule has 1 N–H and O–H groups in total. The number of imidazole rings is 1. The molecule has 2 heterocycles. The lowest BCUT2D eigenvalue weighted by atomic mass is 10.0. The Hall–Kier alpha value is -2.34. The van der Waals surface area contributed by atoms with E-state index >= 15 is 0 Å². The van der Waals surface area contributed by atoms with E-state index in [4.69, 9.17) is 16.3 Å². The third-order valence-corrected chi connectivity index (χ3v) is 3.70. The molecule has 128 valence electrons. The molecule has 24 heavy (non-hydrogen) atoms. The van der Waals surface area contributed by atoms with Crippen molar-refractivity contribution in [3.8, 4) is 0 Å². The number of hydrogen-bond donors (Lipinski definition) is 1. The highest BCUT2D eigenvalue weighted by molar-refractivity contribution is 6.31. The van der Waals surface area contributed by atoms with E-state index in [1.807, 2.05) is 38.2 Å². The van der Waals surface area contributed by atoms with Gasteiger partial charge in [0.2, 0.25) is 5.91 Å². The van der Waals surface area contributed by atoms with Gasteiger partial charge in [0.15, 0.2) is 5.15 Å². The summed E-state index contributed by atoms with van der Waals surface area (Å²) in [5.41, 5.74) is 1.29. The summed E-state index contributed by atoms with van der Waals surface area (Å²) in [5.74, 6) is -0.613. The maximum atomic E-state index is 12.1. The Bertz CT molecular complexity index is 768. The molecule has 0 aliphatic carbocycles. The average Bonchev–Trinajstić information content (AvgIpc) is 2.86. The number of carbonyl (C=O) groups is 2. The van der Waals surface area contributed by atoms with Crippen LogP contribution in [0, 0.1) is 5.92 Å². The molecule has 2 aromatic heterocycles. The second-order valence-electron chi connectivity index (χ2n) is 5.76. The standard InChI is InChI=1S/C17H20ClN3O3/c1-11(2)10-12(17(23)24-3)19-15(22)8-7-13-16(18)20-14-6-4-5-9-21(13)14/h4-9,11-12H,10H2,1-3H3,(H,19,22)/b8-7+. The van der Waals surface area contributed by atoms with Gasteiger partial charge in [-0.25, -0.2) is 9.78 Å². The first-order chi connectivity index (χ1) is 11.4. The number of amides is 1. The highest BCUT2D eigenvalue weighted by Gasteiger charge is 2.21. The molecule has 2 aromatic rings. The third-order valence-electron chi connectivity index (χ3n) is 3.42. The van der Waals surface area contributed by atoms with E-state index in [1.165, 1.54) is 13.2 Å². The lowest BCUT2D eigenvalue weighted by Gasteiger charge is -2.17. The van der Waals surface area contributed by atoms with Crippen molar-refractivity contribution in [3.05, 3.63) is 41.3 Å². The Balaban J connectivity index is 2.13. The summed E-state index contributed by atoms with van der Waals surface area (Å²) in [6, 6.07) is 4.84. The van der Waals surface area contributed by atoms with Gasteiger partial charge in [0.25, 0.3) is 0 Å². The molecule has 1 atom stereocenters. The van der Waals surface area contributed by atoms with E-state index in [0.717, 1.165) is 0 Å². The van der Waals surface area contributed by atoms with Crippen molar-refractivity contribution in [2.24, 2.45) is 5.92 Å². The minimum atomic E-state index is -0.676. The Kier molecular flexibility index (Phi) is 5.98. The highest BCUT2D eigenvalue weighted by Crippen LogP contribution is 2.18. The number of esters is 1. The van der Waals surface area contributed by atoms with Crippen LogP contribution in [0.25, 0.3) is 11.7 Å². The van der Waals surface area contributed by atoms with Crippen LogP contribution < -0.4 is 5.32 Å². The van der Waals surface area contributed by atoms with Gasteiger partial charge < -0.3 is 10.1 Å². The van der Waals surface area contributed by atoms with Crippen LogP contribution in [0.15, 0.2) is 30.5 Å². The summed E-state index contributed by atoms with van der Waals surface area (Å²) in [4.78, 5) is 28.1. The molecule has 7 heteroatoms. The topological polar surface area (TPSA) is 72.7 Å². The van der Waals surface area contributed by atoms with Gasteiger partial charge in [-0.05, 0) is 30.5 Å². The van der Waals surface area contributed by atoms with Gasteiger partial charge in [-0.3, -0.25) is 9.20 Å². The minimum Gasteiger partial charge on any atom is -0.467 e. The fourth-order valence-electron chi connectivity index (χ4n) is 2.34. The molecule has 2 rings (SSSR count). The molecule has 6 nitrogen and oxygen atoms in total. The smallest absolute Gasteiger partial charge is 0.328 e. The maximum absolute atomic E-state index is 12.1. The van der Waals surface area contributed by atoms with Gasteiger partial charge in [0.1, 0.15) is 11.7 Å². The van der Waals surface area contributed by atoms with Gasteiger partial charge in [-0.15, -0.1) is 0 Å². The number of halogens is 1. The Morgan fingerprint density at radius 2 is 2.17 bits per heavy atom. The SMILES string of the molecule is COC(=O)C(CC(C)C)NC(=O)/C=C/c1c(Cl)nc2ccccn12. The number of carbonyl (C=O) groups excluding carboxylic acids is 2. The Morgan fingerprint density at radius 3 is 2.83 bits per heavy atom. The Labute approximate surface area is 145 Å². The first-order valence-corrected chi connectivity index (χ1v) is 7.99. The zero-order chi connectivity index (χ0) is 17.7. The van der Waals surface area contributed by atoms with Gasteiger partial charge in [-0.2, -0.15) is 0 Å². The predicted molar refractivity (Wildman–Crippen MR) is 92.6 cm³/mol. The summed E-state index contributed by atoms with van der Waals surface area (Å²) in [7, 11) is 1.30. The number of nitrogens with one attached hydrogen (secondary N) is 1. The van der Waals surface area contributed by atoms with Crippen molar-refractivity contribution in [2.75, 3.05) is 7.11 Å². The van der Waals surface area contributed by atoms with E-state index in [-0.39, 0.29) is 5.92 Å². The molecule has 0 saturated heterocycles. The Morgan fingerprint density at radius 1 is 1.42 bits per heavy atom. The largest absolute Gasteiger partial charge is 0.467 e. The first kappa shape index (κ1) is 18.0. The molecule has 0 saturated carbocycles. The van der Waals surface area contributed by atoms with Crippen LogP contribution in [0.3, 0.4) is 0 Å².